The quantitative estimate of drug-likeness (QED) is 0.780. The topological polar surface area (TPSA) is 53.2 Å². The van der Waals surface area contributed by atoms with Gasteiger partial charge in [-0.15, -0.1) is 0 Å². The van der Waals surface area contributed by atoms with Gasteiger partial charge in [-0.2, -0.15) is 0 Å². The number of piperidine rings is 1. The van der Waals surface area contributed by atoms with Gasteiger partial charge in [0.2, 0.25) is 0 Å². The van der Waals surface area contributed by atoms with Gasteiger partial charge in [0.05, 0.1) is 11.3 Å². The minimum Gasteiger partial charge on any atom is -0.355 e. The van der Waals surface area contributed by atoms with Crippen molar-refractivity contribution in [2.75, 3.05) is 5.32 Å². The molecule has 2 atom stereocenters. The molecule has 136 valence electrons. The van der Waals surface area contributed by atoms with Crippen LogP contribution in [0.2, 0.25) is 0 Å². The molecule has 2 aromatic rings. The molecule has 1 amide bonds. The van der Waals surface area contributed by atoms with Crippen molar-refractivity contribution in [1.29, 1.82) is 0 Å². The van der Waals surface area contributed by atoms with Crippen LogP contribution in [0.1, 0.15) is 47.2 Å². The molecule has 0 aliphatic carbocycles. The Balaban J connectivity index is 1.51. The molecule has 2 bridgehead atoms. The number of benzene rings is 2. The zero-order chi connectivity index (χ0) is 18.1. The van der Waals surface area contributed by atoms with Crippen molar-refractivity contribution >= 4 is 17.3 Å². The van der Waals surface area contributed by atoms with Gasteiger partial charge < -0.3 is 16.0 Å². The van der Waals surface area contributed by atoms with E-state index in [1.54, 1.807) is 0 Å². The number of anilines is 2. The van der Waals surface area contributed by atoms with E-state index in [4.69, 9.17) is 0 Å². The van der Waals surface area contributed by atoms with Gasteiger partial charge in [-0.25, -0.2) is 0 Å². The predicted octanol–water partition coefficient (Wildman–Crippen LogP) is 4.06. The van der Waals surface area contributed by atoms with Crippen molar-refractivity contribution in [2.24, 2.45) is 0 Å². The third kappa shape index (κ3) is 3.47. The first kappa shape index (κ1) is 17.1. The van der Waals surface area contributed by atoms with Gasteiger partial charge in [0, 0.05) is 23.8 Å². The maximum absolute atomic E-state index is 12.9. The lowest BCUT2D eigenvalue weighted by molar-refractivity contribution is 0.0925. The molecule has 4 rings (SSSR count). The van der Waals surface area contributed by atoms with Crippen LogP contribution in [0, 0.1) is 13.8 Å². The van der Waals surface area contributed by atoms with Crippen molar-refractivity contribution in [2.45, 2.75) is 57.7 Å². The van der Waals surface area contributed by atoms with E-state index in [0.717, 1.165) is 24.2 Å². The number of carbonyl (C=O) groups is 1. The van der Waals surface area contributed by atoms with Gasteiger partial charge in [-0.3, -0.25) is 4.79 Å². The first-order valence-electron chi connectivity index (χ1n) is 9.59. The second kappa shape index (κ2) is 7.12. The fourth-order valence-electron chi connectivity index (χ4n) is 4.26. The van der Waals surface area contributed by atoms with Crippen LogP contribution in [0.15, 0.2) is 42.5 Å². The fraction of sp³-hybridized carbons (Fsp3) is 0.409. The number of aryl methyl sites for hydroxylation is 1. The molecule has 3 N–H and O–H groups in total. The highest BCUT2D eigenvalue weighted by Gasteiger charge is 2.34. The summed E-state index contributed by atoms with van der Waals surface area (Å²) < 4.78 is 0. The number of fused-ring (bicyclic) bond motifs is 2. The minimum absolute atomic E-state index is 0.0182. The summed E-state index contributed by atoms with van der Waals surface area (Å²) in [6.07, 6.45) is 4.55. The first-order valence-corrected chi connectivity index (χ1v) is 9.59. The summed E-state index contributed by atoms with van der Waals surface area (Å²) in [7, 11) is 0. The Morgan fingerprint density at radius 3 is 2.42 bits per heavy atom. The van der Waals surface area contributed by atoms with E-state index in [9.17, 15) is 4.79 Å². The van der Waals surface area contributed by atoms with Crippen molar-refractivity contribution in [3.63, 3.8) is 0 Å². The Labute approximate surface area is 155 Å². The molecule has 4 nitrogen and oxygen atoms in total. The summed E-state index contributed by atoms with van der Waals surface area (Å²) in [6.45, 7) is 4.20. The molecule has 0 saturated carbocycles. The van der Waals surface area contributed by atoms with Crippen LogP contribution in [-0.4, -0.2) is 24.0 Å². The number of hydrogen-bond donors (Lipinski definition) is 3. The first-order chi connectivity index (χ1) is 12.6. The Kier molecular flexibility index (Phi) is 4.68. The van der Waals surface area contributed by atoms with E-state index >= 15 is 0 Å². The van der Waals surface area contributed by atoms with Crippen LogP contribution in [0.5, 0.6) is 0 Å². The van der Waals surface area contributed by atoms with Crippen LogP contribution in [-0.2, 0) is 0 Å². The molecule has 2 heterocycles. The molecule has 2 aliphatic rings. The number of carbonyl (C=O) groups excluding carboxylic acids is 1. The highest BCUT2D eigenvalue weighted by molar-refractivity contribution is 6.00. The summed E-state index contributed by atoms with van der Waals surface area (Å²) >= 11 is 0. The summed E-state index contributed by atoms with van der Waals surface area (Å²) in [6, 6.07) is 15.4. The predicted molar refractivity (Wildman–Crippen MR) is 106 cm³/mol. The zero-order valence-electron chi connectivity index (χ0n) is 15.5. The molecule has 2 aliphatic heterocycles. The minimum atomic E-state index is 0.0182. The number of rotatable bonds is 4. The molecule has 0 radical (unpaired) electrons. The highest BCUT2D eigenvalue weighted by Crippen LogP contribution is 2.28. The van der Waals surface area contributed by atoms with Gasteiger partial charge in [0.1, 0.15) is 0 Å². The van der Waals surface area contributed by atoms with Crippen molar-refractivity contribution in [3.8, 4) is 0 Å². The highest BCUT2D eigenvalue weighted by atomic mass is 16.1. The van der Waals surface area contributed by atoms with E-state index in [1.807, 2.05) is 30.3 Å². The van der Waals surface area contributed by atoms with Crippen LogP contribution in [0.25, 0.3) is 0 Å². The average Bonchev–Trinajstić information content (AvgIpc) is 2.98. The molecule has 26 heavy (non-hydrogen) atoms. The van der Waals surface area contributed by atoms with E-state index in [-0.39, 0.29) is 11.9 Å². The Morgan fingerprint density at radius 1 is 0.962 bits per heavy atom. The Hall–Kier alpha value is -2.33. The summed E-state index contributed by atoms with van der Waals surface area (Å²) in [5, 5.41) is 10.4. The number of hydrogen-bond acceptors (Lipinski definition) is 3. The molecule has 2 saturated heterocycles. The van der Waals surface area contributed by atoms with Crippen molar-refractivity contribution in [3.05, 3.63) is 59.2 Å². The smallest absolute Gasteiger partial charge is 0.253 e. The number of amides is 1. The van der Waals surface area contributed by atoms with Crippen LogP contribution in [0.3, 0.4) is 0 Å². The maximum atomic E-state index is 12.9. The van der Waals surface area contributed by atoms with E-state index in [1.165, 1.54) is 24.0 Å². The van der Waals surface area contributed by atoms with Gasteiger partial charge >= 0.3 is 0 Å². The van der Waals surface area contributed by atoms with E-state index in [0.29, 0.717) is 17.6 Å². The second-order valence-corrected chi connectivity index (χ2v) is 7.70. The molecule has 2 aromatic carbocycles. The van der Waals surface area contributed by atoms with Crippen LogP contribution < -0.4 is 16.0 Å². The third-order valence-electron chi connectivity index (χ3n) is 5.85. The molecule has 2 unspecified atom stereocenters. The SMILES string of the molecule is Cc1cccc(Nc2ccccc2C(=O)NC2CC3CCC(C2)N3)c1C. The van der Waals surface area contributed by atoms with E-state index in [2.05, 4.69) is 41.9 Å². The largest absolute Gasteiger partial charge is 0.355 e. The van der Waals surface area contributed by atoms with Crippen LogP contribution in [0.4, 0.5) is 11.4 Å². The lowest BCUT2D eigenvalue weighted by atomic mass is 9.99. The summed E-state index contributed by atoms with van der Waals surface area (Å²) in [5.41, 5.74) is 5.06. The van der Waals surface area contributed by atoms with Crippen molar-refractivity contribution in [1.82, 2.24) is 10.6 Å². The van der Waals surface area contributed by atoms with Gasteiger partial charge in [-0.05, 0) is 68.9 Å². The summed E-state index contributed by atoms with van der Waals surface area (Å²) in [4.78, 5) is 12.9. The fourth-order valence-corrected chi connectivity index (χ4v) is 4.26. The number of para-hydroxylation sites is 1. The maximum Gasteiger partial charge on any atom is 0.253 e. The molecule has 0 spiro atoms. The van der Waals surface area contributed by atoms with Gasteiger partial charge in [0.15, 0.2) is 0 Å². The zero-order valence-corrected chi connectivity index (χ0v) is 15.5. The second-order valence-electron chi connectivity index (χ2n) is 7.70. The standard InChI is InChI=1S/C22H27N3O/c1-14-6-5-9-20(15(14)2)25-21-8-4-3-7-19(21)22(26)24-18-12-16-10-11-17(13-18)23-16/h3-9,16-18,23,25H,10-13H2,1-2H3,(H,24,26). The average molecular weight is 349 g/mol. The van der Waals surface area contributed by atoms with E-state index < -0.39 is 0 Å². The third-order valence-corrected chi connectivity index (χ3v) is 5.85. The molecular weight excluding hydrogens is 322 g/mol. The van der Waals surface area contributed by atoms with Gasteiger partial charge in [0.25, 0.3) is 5.91 Å². The van der Waals surface area contributed by atoms with Crippen LogP contribution >= 0.6 is 0 Å². The molecule has 0 aromatic heterocycles. The molecule has 4 heteroatoms. The number of nitrogens with one attached hydrogen (secondary N) is 3. The normalized spacial score (nSPS) is 24.3. The molecular formula is C22H27N3O. The lowest BCUT2D eigenvalue weighted by Crippen LogP contribution is -2.48. The summed E-state index contributed by atoms with van der Waals surface area (Å²) in [5.74, 6) is 0.0182. The molecule has 2 fully saturated rings. The Morgan fingerprint density at radius 2 is 1.65 bits per heavy atom. The monoisotopic (exact) mass is 349 g/mol. The lowest BCUT2D eigenvalue weighted by Gasteiger charge is -2.30. The Bertz CT molecular complexity index is 805. The van der Waals surface area contributed by atoms with Gasteiger partial charge in [-0.1, -0.05) is 24.3 Å². The van der Waals surface area contributed by atoms with Crippen molar-refractivity contribution < 1.29 is 4.79 Å².